The van der Waals surface area contributed by atoms with Crippen LogP contribution in [0.3, 0.4) is 0 Å². The van der Waals surface area contributed by atoms with Crippen LogP contribution in [-0.2, 0) is 13.0 Å². The molecular weight excluding hydrogens is 358 g/mol. The largest absolute Gasteiger partial charge is 0.366 e. The van der Waals surface area contributed by atoms with E-state index in [1.165, 1.54) is 11.3 Å². The second-order valence-corrected chi connectivity index (χ2v) is 7.04. The van der Waals surface area contributed by atoms with Crippen molar-refractivity contribution < 1.29 is 0 Å². The van der Waals surface area contributed by atoms with Gasteiger partial charge in [-0.25, -0.2) is 4.98 Å². The number of benzene rings is 2. The minimum atomic E-state index is 0.684. The molecule has 2 aromatic heterocycles. The topological polar surface area (TPSA) is 53.9 Å². The molecule has 0 atom stereocenters. The minimum Gasteiger partial charge on any atom is -0.366 e. The van der Waals surface area contributed by atoms with Gasteiger partial charge in [-0.1, -0.05) is 48.5 Å². The average molecular weight is 379 g/mol. The Kier molecular flexibility index (Phi) is 4.62. The van der Waals surface area contributed by atoms with E-state index in [2.05, 4.69) is 51.6 Å². The maximum absolute atomic E-state index is 4.90. The van der Waals surface area contributed by atoms with Gasteiger partial charge >= 0.3 is 0 Å². The Balaban J connectivity index is 1.52. The highest BCUT2D eigenvalue weighted by atomic mass is 15.3. The van der Waals surface area contributed by atoms with Crippen molar-refractivity contribution in [3.05, 3.63) is 96.3 Å². The molecule has 0 saturated heterocycles. The Morgan fingerprint density at radius 2 is 1.66 bits per heavy atom. The smallest absolute Gasteiger partial charge is 0.232 e. The third-order valence-corrected chi connectivity index (χ3v) is 5.14. The molecule has 5 rings (SSSR count). The molecule has 0 spiro atoms. The van der Waals surface area contributed by atoms with Crippen molar-refractivity contribution in [3.8, 4) is 11.3 Å². The summed E-state index contributed by atoms with van der Waals surface area (Å²) in [6.45, 7) is 1.57. The van der Waals surface area contributed by atoms with E-state index in [9.17, 15) is 0 Å². The molecular formula is C24H21N5. The zero-order chi connectivity index (χ0) is 19.5. The molecule has 0 saturated carbocycles. The van der Waals surface area contributed by atoms with Gasteiger partial charge in [0, 0.05) is 42.8 Å². The summed E-state index contributed by atoms with van der Waals surface area (Å²) in [5.74, 6) is 1.54. The number of pyridine rings is 1. The molecule has 1 aliphatic heterocycles. The fraction of sp³-hybridized carbons (Fsp3) is 0.125. The summed E-state index contributed by atoms with van der Waals surface area (Å²) in [4.78, 5) is 16.0. The molecule has 5 heteroatoms. The number of aromatic nitrogens is 3. The summed E-state index contributed by atoms with van der Waals surface area (Å²) >= 11 is 0. The number of nitrogens with one attached hydrogen (secondary N) is 1. The SMILES string of the molecule is c1ccc(-c2cc(NCc3ccncc3)nc(N3CCc4ccccc43)n2)cc1. The van der Waals surface area contributed by atoms with E-state index < -0.39 is 0 Å². The Labute approximate surface area is 170 Å². The van der Waals surface area contributed by atoms with E-state index >= 15 is 0 Å². The second kappa shape index (κ2) is 7.72. The highest BCUT2D eigenvalue weighted by Crippen LogP contribution is 2.34. The molecule has 3 heterocycles. The van der Waals surface area contributed by atoms with Gasteiger partial charge in [0.15, 0.2) is 0 Å². The van der Waals surface area contributed by atoms with Crippen LogP contribution in [0, 0.1) is 0 Å². The predicted molar refractivity (Wildman–Crippen MR) is 116 cm³/mol. The first-order valence-electron chi connectivity index (χ1n) is 9.79. The van der Waals surface area contributed by atoms with Gasteiger partial charge in [-0.3, -0.25) is 4.98 Å². The summed E-state index contributed by atoms with van der Waals surface area (Å²) in [6, 6.07) is 24.8. The van der Waals surface area contributed by atoms with Crippen LogP contribution in [0.4, 0.5) is 17.5 Å². The molecule has 0 unspecified atom stereocenters. The van der Waals surface area contributed by atoms with E-state index in [1.54, 1.807) is 12.4 Å². The first kappa shape index (κ1) is 17.4. The molecule has 142 valence electrons. The lowest BCUT2D eigenvalue weighted by Crippen LogP contribution is -2.17. The monoisotopic (exact) mass is 379 g/mol. The zero-order valence-corrected chi connectivity index (χ0v) is 16.0. The van der Waals surface area contributed by atoms with Crippen LogP contribution in [0.5, 0.6) is 0 Å². The third kappa shape index (κ3) is 3.67. The van der Waals surface area contributed by atoms with E-state index in [1.807, 2.05) is 36.4 Å². The Bertz CT molecular complexity index is 1110. The van der Waals surface area contributed by atoms with Crippen LogP contribution in [0.15, 0.2) is 85.2 Å². The van der Waals surface area contributed by atoms with Gasteiger partial charge in [0.05, 0.1) is 5.69 Å². The average Bonchev–Trinajstić information content (AvgIpc) is 3.23. The van der Waals surface area contributed by atoms with Gasteiger partial charge in [-0.15, -0.1) is 0 Å². The molecule has 0 radical (unpaired) electrons. The van der Waals surface area contributed by atoms with Gasteiger partial charge in [0.1, 0.15) is 5.82 Å². The third-order valence-electron chi connectivity index (χ3n) is 5.14. The van der Waals surface area contributed by atoms with Crippen molar-refractivity contribution >= 4 is 17.5 Å². The molecule has 2 aromatic carbocycles. The van der Waals surface area contributed by atoms with Crippen LogP contribution >= 0.6 is 0 Å². The molecule has 0 fully saturated rings. The Morgan fingerprint density at radius 3 is 2.52 bits per heavy atom. The molecule has 4 aromatic rings. The molecule has 0 aliphatic carbocycles. The van der Waals surface area contributed by atoms with Gasteiger partial charge in [-0.2, -0.15) is 4.98 Å². The molecule has 1 N–H and O–H groups in total. The molecule has 0 amide bonds. The maximum Gasteiger partial charge on any atom is 0.232 e. The standard InChI is InChI=1S/C24H21N5/c1-2-6-19(7-3-1)21-16-23(26-17-18-10-13-25-14-11-18)28-24(27-21)29-15-12-20-8-4-5-9-22(20)29/h1-11,13-14,16H,12,15,17H2,(H,26,27,28). The Hall–Kier alpha value is -3.73. The first-order chi connectivity index (χ1) is 14.4. The van der Waals surface area contributed by atoms with Crippen LogP contribution in [-0.4, -0.2) is 21.5 Å². The summed E-state index contributed by atoms with van der Waals surface area (Å²) in [5, 5.41) is 3.45. The normalized spacial score (nSPS) is 12.6. The van der Waals surface area contributed by atoms with Gasteiger partial charge in [0.25, 0.3) is 0 Å². The van der Waals surface area contributed by atoms with Gasteiger partial charge < -0.3 is 10.2 Å². The van der Waals surface area contributed by atoms with Gasteiger partial charge in [0.2, 0.25) is 5.95 Å². The fourth-order valence-electron chi connectivity index (χ4n) is 3.64. The van der Waals surface area contributed by atoms with E-state index in [0.717, 1.165) is 41.6 Å². The summed E-state index contributed by atoms with van der Waals surface area (Å²) in [7, 11) is 0. The van der Waals surface area contributed by atoms with Crippen molar-refractivity contribution in [2.45, 2.75) is 13.0 Å². The maximum atomic E-state index is 4.90. The second-order valence-electron chi connectivity index (χ2n) is 7.04. The Morgan fingerprint density at radius 1 is 0.862 bits per heavy atom. The zero-order valence-electron chi connectivity index (χ0n) is 16.0. The van der Waals surface area contributed by atoms with Crippen LogP contribution in [0.2, 0.25) is 0 Å². The highest BCUT2D eigenvalue weighted by Gasteiger charge is 2.23. The summed E-state index contributed by atoms with van der Waals surface area (Å²) < 4.78 is 0. The van der Waals surface area contributed by atoms with E-state index in [0.29, 0.717) is 6.54 Å². The lowest BCUT2D eigenvalue weighted by Gasteiger charge is -2.19. The fourth-order valence-corrected chi connectivity index (χ4v) is 3.64. The molecule has 5 nitrogen and oxygen atoms in total. The van der Waals surface area contributed by atoms with Crippen LogP contribution in [0.25, 0.3) is 11.3 Å². The van der Waals surface area contributed by atoms with Crippen molar-refractivity contribution in [1.29, 1.82) is 0 Å². The lowest BCUT2D eigenvalue weighted by atomic mass is 10.1. The van der Waals surface area contributed by atoms with E-state index in [4.69, 9.17) is 9.97 Å². The molecule has 1 aliphatic rings. The van der Waals surface area contributed by atoms with Crippen LogP contribution in [0.1, 0.15) is 11.1 Å². The van der Waals surface area contributed by atoms with Crippen molar-refractivity contribution in [1.82, 2.24) is 15.0 Å². The number of nitrogens with zero attached hydrogens (tertiary/aromatic N) is 4. The molecule has 29 heavy (non-hydrogen) atoms. The number of hydrogen-bond donors (Lipinski definition) is 1. The minimum absolute atomic E-state index is 0.684. The number of anilines is 3. The van der Waals surface area contributed by atoms with Crippen molar-refractivity contribution in [2.24, 2.45) is 0 Å². The van der Waals surface area contributed by atoms with Crippen LogP contribution < -0.4 is 10.2 Å². The lowest BCUT2D eigenvalue weighted by molar-refractivity contribution is 0.938. The quantitative estimate of drug-likeness (QED) is 0.537. The van der Waals surface area contributed by atoms with Gasteiger partial charge in [-0.05, 0) is 35.7 Å². The molecule has 0 bridgehead atoms. The number of hydrogen-bond acceptors (Lipinski definition) is 5. The summed E-state index contributed by atoms with van der Waals surface area (Å²) in [6.07, 6.45) is 4.62. The summed E-state index contributed by atoms with van der Waals surface area (Å²) in [5.41, 5.74) is 5.69. The number of para-hydroxylation sites is 1. The highest BCUT2D eigenvalue weighted by molar-refractivity contribution is 5.70. The van der Waals surface area contributed by atoms with Crippen molar-refractivity contribution in [2.75, 3.05) is 16.8 Å². The van der Waals surface area contributed by atoms with E-state index in [-0.39, 0.29) is 0 Å². The van der Waals surface area contributed by atoms with Crippen molar-refractivity contribution in [3.63, 3.8) is 0 Å². The number of rotatable bonds is 5. The predicted octanol–water partition coefficient (Wildman–Crippen LogP) is 4.84. The number of fused-ring (bicyclic) bond motifs is 1. The first-order valence-corrected chi connectivity index (χ1v) is 9.79.